The zero-order chi connectivity index (χ0) is 30.3. The number of carbonyl (C=O) groups excluding carboxylic acids is 2. The highest BCUT2D eigenvalue weighted by Crippen LogP contribution is 2.26. The molecule has 3 aromatic carbocycles. The van der Waals surface area contributed by atoms with E-state index in [-0.39, 0.29) is 24.9 Å². The summed E-state index contributed by atoms with van der Waals surface area (Å²) in [5.74, 6) is -0.0758. The predicted molar refractivity (Wildman–Crippen MR) is 166 cm³/mol. The number of carbonyl (C=O) groups is 2. The summed E-state index contributed by atoms with van der Waals surface area (Å²) in [4.78, 5) is 29.8. The molecule has 1 aliphatic carbocycles. The van der Waals surface area contributed by atoms with Gasteiger partial charge in [-0.1, -0.05) is 73.0 Å². The predicted octanol–water partition coefficient (Wildman–Crippen LogP) is 4.78. The zero-order valence-electron chi connectivity index (χ0n) is 24.9. The minimum absolute atomic E-state index is 0.0623. The summed E-state index contributed by atoms with van der Waals surface area (Å²) in [6.45, 7) is 3.43. The second kappa shape index (κ2) is 13.9. The molecule has 1 saturated carbocycles. The van der Waals surface area contributed by atoms with Crippen molar-refractivity contribution in [1.29, 1.82) is 0 Å². The number of hydrogen-bond acceptors (Lipinski definition) is 5. The van der Waals surface area contributed by atoms with Gasteiger partial charge in [-0.05, 0) is 61.6 Å². The largest absolute Gasteiger partial charge is 0.497 e. The summed E-state index contributed by atoms with van der Waals surface area (Å²) in [6.07, 6.45) is 5.31. The van der Waals surface area contributed by atoms with Crippen LogP contribution < -0.4 is 14.4 Å². The third-order valence-corrected chi connectivity index (χ3v) is 8.89. The molecule has 0 aromatic heterocycles. The first-order valence-corrected chi connectivity index (χ1v) is 16.2. The van der Waals surface area contributed by atoms with Crippen LogP contribution in [-0.2, 0) is 32.6 Å². The smallest absolute Gasteiger partial charge is 0.244 e. The highest BCUT2D eigenvalue weighted by molar-refractivity contribution is 7.92. The summed E-state index contributed by atoms with van der Waals surface area (Å²) in [6, 6.07) is 21.6. The fraction of sp³-hybridized carbons (Fsp3) is 0.394. The zero-order valence-corrected chi connectivity index (χ0v) is 25.7. The van der Waals surface area contributed by atoms with E-state index < -0.39 is 28.5 Å². The maximum Gasteiger partial charge on any atom is 0.244 e. The summed E-state index contributed by atoms with van der Waals surface area (Å²) < 4.78 is 32.7. The number of methoxy groups -OCH3 is 1. The number of benzene rings is 3. The first kappa shape index (κ1) is 31.1. The number of rotatable bonds is 12. The fourth-order valence-electron chi connectivity index (χ4n) is 5.57. The highest BCUT2D eigenvalue weighted by atomic mass is 32.2. The lowest BCUT2D eigenvalue weighted by molar-refractivity contribution is -0.140. The Balaban J connectivity index is 1.75. The van der Waals surface area contributed by atoms with Gasteiger partial charge in [-0.3, -0.25) is 13.9 Å². The molecule has 4 rings (SSSR count). The van der Waals surface area contributed by atoms with Crippen LogP contribution >= 0.6 is 0 Å². The van der Waals surface area contributed by atoms with Gasteiger partial charge in [-0.15, -0.1) is 0 Å². The minimum Gasteiger partial charge on any atom is -0.497 e. The monoisotopic (exact) mass is 591 g/mol. The standard InChI is InChI=1S/C33H41N3O5S/c1-24-17-18-30(25(2)19-24)36(42(4,39)40)23-32(37)35(22-27-13-10-16-29(20-27)41-3)31(21-26-11-6-5-7-12-26)33(38)34-28-14-8-9-15-28/h5-7,10-13,16-20,28,31H,8-9,14-15,21-23H2,1-4H3,(H,34,38)/t31-/m0/s1. The molecule has 42 heavy (non-hydrogen) atoms. The van der Waals surface area contributed by atoms with E-state index in [0.717, 1.165) is 58.5 Å². The molecule has 0 radical (unpaired) electrons. The van der Waals surface area contributed by atoms with Crippen LogP contribution in [0, 0.1) is 13.8 Å². The van der Waals surface area contributed by atoms with Crippen LogP contribution in [0.5, 0.6) is 5.75 Å². The Hall–Kier alpha value is -3.85. The Morgan fingerprint density at radius 2 is 1.64 bits per heavy atom. The quantitative estimate of drug-likeness (QED) is 0.327. The van der Waals surface area contributed by atoms with Crippen molar-refractivity contribution in [3.8, 4) is 5.75 Å². The number of aryl methyl sites for hydroxylation is 2. The maximum absolute atomic E-state index is 14.3. The fourth-order valence-corrected chi connectivity index (χ4v) is 6.48. The number of ether oxygens (including phenoxy) is 1. The molecule has 0 spiro atoms. The Morgan fingerprint density at radius 3 is 2.29 bits per heavy atom. The molecule has 2 amide bonds. The molecule has 0 bridgehead atoms. The molecule has 8 nitrogen and oxygen atoms in total. The van der Waals surface area contributed by atoms with Crippen molar-refractivity contribution in [2.75, 3.05) is 24.2 Å². The molecule has 0 heterocycles. The number of sulfonamides is 1. The molecule has 1 aliphatic rings. The molecule has 0 unspecified atom stereocenters. The molecule has 3 aromatic rings. The molecule has 1 atom stereocenters. The highest BCUT2D eigenvalue weighted by Gasteiger charge is 2.34. The molecular weight excluding hydrogens is 550 g/mol. The van der Waals surface area contributed by atoms with E-state index in [1.807, 2.05) is 80.6 Å². The van der Waals surface area contributed by atoms with Crippen LogP contribution in [0.4, 0.5) is 5.69 Å². The van der Waals surface area contributed by atoms with Gasteiger partial charge in [0.1, 0.15) is 18.3 Å². The van der Waals surface area contributed by atoms with E-state index in [0.29, 0.717) is 11.4 Å². The van der Waals surface area contributed by atoms with Gasteiger partial charge in [-0.25, -0.2) is 8.42 Å². The van der Waals surface area contributed by atoms with Crippen LogP contribution in [0.3, 0.4) is 0 Å². The number of hydrogen-bond donors (Lipinski definition) is 1. The molecular formula is C33H41N3O5S. The van der Waals surface area contributed by atoms with E-state index in [4.69, 9.17) is 4.74 Å². The summed E-state index contributed by atoms with van der Waals surface area (Å²) in [5, 5.41) is 3.18. The van der Waals surface area contributed by atoms with Crippen LogP contribution in [0.2, 0.25) is 0 Å². The second-order valence-electron chi connectivity index (χ2n) is 11.1. The van der Waals surface area contributed by atoms with Crippen molar-refractivity contribution < 1.29 is 22.7 Å². The van der Waals surface area contributed by atoms with Crippen molar-refractivity contribution >= 4 is 27.5 Å². The maximum atomic E-state index is 14.3. The Bertz CT molecular complexity index is 1490. The number of nitrogens with zero attached hydrogens (tertiary/aromatic N) is 2. The van der Waals surface area contributed by atoms with Gasteiger partial charge in [0, 0.05) is 19.0 Å². The summed E-state index contributed by atoms with van der Waals surface area (Å²) >= 11 is 0. The second-order valence-corrected chi connectivity index (χ2v) is 13.0. The molecule has 1 N–H and O–H groups in total. The molecule has 9 heteroatoms. The normalized spacial score (nSPS) is 14.3. The third kappa shape index (κ3) is 8.12. The minimum atomic E-state index is -3.82. The lowest BCUT2D eigenvalue weighted by Gasteiger charge is -2.34. The lowest BCUT2D eigenvalue weighted by atomic mass is 10.0. The Kier molecular flexibility index (Phi) is 10.3. The van der Waals surface area contributed by atoms with Gasteiger partial charge >= 0.3 is 0 Å². The molecule has 224 valence electrons. The summed E-state index contributed by atoms with van der Waals surface area (Å²) in [7, 11) is -2.25. The SMILES string of the molecule is COc1cccc(CN(C(=O)CN(c2ccc(C)cc2C)S(C)(=O)=O)[C@@H](Cc2ccccc2)C(=O)NC2CCCC2)c1. The van der Waals surface area contributed by atoms with Crippen molar-refractivity contribution in [2.24, 2.45) is 0 Å². The Morgan fingerprint density at radius 1 is 0.952 bits per heavy atom. The molecule has 0 saturated heterocycles. The van der Waals surface area contributed by atoms with Crippen LogP contribution in [-0.4, -0.2) is 57.1 Å². The van der Waals surface area contributed by atoms with E-state index >= 15 is 0 Å². The van der Waals surface area contributed by atoms with E-state index in [9.17, 15) is 18.0 Å². The van der Waals surface area contributed by atoms with Crippen molar-refractivity contribution in [3.63, 3.8) is 0 Å². The first-order valence-electron chi connectivity index (χ1n) is 14.4. The van der Waals surface area contributed by atoms with Gasteiger partial charge in [0.25, 0.3) is 0 Å². The van der Waals surface area contributed by atoms with E-state index in [1.54, 1.807) is 13.2 Å². The van der Waals surface area contributed by atoms with Gasteiger partial charge in [0.15, 0.2) is 0 Å². The van der Waals surface area contributed by atoms with Crippen molar-refractivity contribution in [2.45, 2.75) is 64.6 Å². The Labute approximate surface area is 249 Å². The van der Waals surface area contributed by atoms with Crippen molar-refractivity contribution in [3.05, 3.63) is 95.1 Å². The molecule has 1 fully saturated rings. The van der Waals surface area contributed by atoms with Gasteiger partial charge in [0.2, 0.25) is 21.8 Å². The van der Waals surface area contributed by atoms with Crippen molar-refractivity contribution in [1.82, 2.24) is 10.2 Å². The summed E-state index contributed by atoms with van der Waals surface area (Å²) in [5.41, 5.74) is 3.84. The van der Waals surface area contributed by atoms with Gasteiger partial charge in [-0.2, -0.15) is 0 Å². The average molecular weight is 592 g/mol. The van der Waals surface area contributed by atoms with E-state index in [2.05, 4.69) is 5.32 Å². The van der Waals surface area contributed by atoms with Gasteiger partial charge < -0.3 is 15.0 Å². The number of nitrogens with one attached hydrogen (secondary N) is 1. The van der Waals surface area contributed by atoms with Crippen LogP contribution in [0.15, 0.2) is 72.8 Å². The van der Waals surface area contributed by atoms with Crippen LogP contribution in [0.25, 0.3) is 0 Å². The van der Waals surface area contributed by atoms with Crippen LogP contribution in [0.1, 0.15) is 47.9 Å². The lowest BCUT2D eigenvalue weighted by Crippen LogP contribution is -2.54. The number of anilines is 1. The first-order chi connectivity index (χ1) is 20.0. The van der Waals surface area contributed by atoms with E-state index in [1.165, 1.54) is 4.90 Å². The molecule has 0 aliphatic heterocycles. The number of amides is 2. The average Bonchev–Trinajstić information content (AvgIpc) is 3.47. The third-order valence-electron chi connectivity index (χ3n) is 7.76. The van der Waals surface area contributed by atoms with Gasteiger partial charge in [0.05, 0.1) is 19.1 Å². The topological polar surface area (TPSA) is 96.0 Å².